The number of thioether (sulfide) groups is 1. The first-order chi connectivity index (χ1) is 7.30. The van der Waals surface area contributed by atoms with Crippen molar-refractivity contribution in [3.8, 4) is 0 Å². The minimum atomic E-state index is 0.701. The van der Waals surface area contributed by atoms with Gasteiger partial charge in [0.25, 0.3) is 0 Å². The van der Waals surface area contributed by atoms with Crippen LogP contribution in [0.5, 0.6) is 0 Å². The van der Waals surface area contributed by atoms with Gasteiger partial charge in [-0.1, -0.05) is 13.8 Å². The van der Waals surface area contributed by atoms with Gasteiger partial charge in [-0.3, -0.25) is 0 Å². The van der Waals surface area contributed by atoms with E-state index in [9.17, 15) is 0 Å². The van der Waals surface area contributed by atoms with Crippen LogP contribution < -0.4 is 11.3 Å². The molecule has 1 heterocycles. The highest BCUT2D eigenvalue weighted by Gasteiger charge is 2.03. The van der Waals surface area contributed by atoms with Crippen molar-refractivity contribution < 1.29 is 0 Å². The van der Waals surface area contributed by atoms with Crippen molar-refractivity contribution in [3.63, 3.8) is 0 Å². The number of hydrogen-bond acceptors (Lipinski definition) is 5. The van der Waals surface area contributed by atoms with E-state index in [1.807, 2.05) is 6.07 Å². The lowest BCUT2D eigenvalue weighted by Gasteiger charge is -2.06. The topological polar surface area (TPSA) is 63.8 Å². The Morgan fingerprint density at radius 1 is 1.33 bits per heavy atom. The van der Waals surface area contributed by atoms with Crippen molar-refractivity contribution in [2.24, 2.45) is 5.84 Å². The van der Waals surface area contributed by atoms with Crippen LogP contribution in [0.1, 0.15) is 32.5 Å². The van der Waals surface area contributed by atoms with E-state index in [1.165, 1.54) is 0 Å². The lowest BCUT2D eigenvalue weighted by atomic mass is 10.3. The summed E-state index contributed by atoms with van der Waals surface area (Å²) in [5.41, 5.74) is 2.58. The molecule has 0 unspecified atom stereocenters. The summed E-state index contributed by atoms with van der Waals surface area (Å²) in [5, 5.41) is 1.00. The van der Waals surface area contributed by atoms with Crippen molar-refractivity contribution in [2.75, 3.05) is 11.2 Å². The van der Waals surface area contributed by atoms with Crippen molar-refractivity contribution in [1.29, 1.82) is 0 Å². The van der Waals surface area contributed by atoms with Gasteiger partial charge in [-0.2, -0.15) is 0 Å². The van der Waals surface area contributed by atoms with E-state index < -0.39 is 0 Å². The molecule has 1 rings (SSSR count). The maximum absolute atomic E-state index is 5.36. The number of aryl methyl sites for hydroxylation is 1. The van der Waals surface area contributed by atoms with E-state index in [0.29, 0.717) is 5.82 Å². The maximum Gasteiger partial charge on any atom is 0.144 e. The first kappa shape index (κ1) is 12.3. The third-order valence-corrected chi connectivity index (χ3v) is 2.94. The van der Waals surface area contributed by atoms with Gasteiger partial charge in [0.15, 0.2) is 0 Å². The molecule has 0 aliphatic rings. The van der Waals surface area contributed by atoms with E-state index in [1.54, 1.807) is 11.8 Å². The minimum absolute atomic E-state index is 0.701. The average Bonchev–Trinajstić information content (AvgIpc) is 2.26. The third-order valence-electron chi connectivity index (χ3n) is 1.82. The van der Waals surface area contributed by atoms with Crippen LogP contribution in [0.2, 0.25) is 0 Å². The number of hydrazine groups is 1. The Morgan fingerprint density at radius 2 is 2.13 bits per heavy atom. The van der Waals surface area contributed by atoms with Crippen LogP contribution in [0.4, 0.5) is 5.82 Å². The number of nitrogen functional groups attached to an aromatic ring is 1. The van der Waals surface area contributed by atoms with E-state index in [0.717, 1.165) is 35.9 Å². The SMILES string of the molecule is CCCSc1cc(NN)nc(CCC)n1. The van der Waals surface area contributed by atoms with Crippen LogP contribution >= 0.6 is 11.8 Å². The Kier molecular flexibility index (Phi) is 5.42. The van der Waals surface area contributed by atoms with E-state index in [4.69, 9.17) is 5.84 Å². The second-order valence-electron chi connectivity index (χ2n) is 3.25. The molecule has 1 aromatic heterocycles. The van der Waals surface area contributed by atoms with Crippen molar-refractivity contribution in [2.45, 2.75) is 38.1 Å². The summed E-state index contributed by atoms with van der Waals surface area (Å²) in [6, 6.07) is 1.89. The number of nitrogens with zero attached hydrogens (tertiary/aromatic N) is 2. The molecule has 15 heavy (non-hydrogen) atoms. The predicted octanol–water partition coefficient (Wildman–Crippen LogP) is 2.22. The first-order valence-corrected chi connectivity index (χ1v) is 6.26. The summed E-state index contributed by atoms with van der Waals surface area (Å²) in [6.07, 6.45) is 3.09. The normalized spacial score (nSPS) is 10.3. The summed E-state index contributed by atoms with van der Waals surface area (Å²) >= 11 is 1.74. The van der Waals surface area contributed by atoms with Gasteiger partial charge in [-0.25, -0.2) is 15.8 Å². The fourth-order valence-corrected chi connectivity index (χ4v) is 1.94. The Bertz CT molecular complexity index is 303. The highest BCUT2D eigenvalue weighted by molar-refractivity contribution is 7.99. The lowest BCUT2D eigenvalue weighted by Crippen LogP contribution is -2.10. The Balaban J connectivity index is 2.79. The molecule has 0 amide bonds. The van der Waals surface area contributed by atoms with Gasteiger partial charge in [0.2, 0.25) is 0 Å². The quantitative estimate of drug-likeness (QED) is 0.337. The molecule has 1 aromatic rings. The summed E-state index contributed by atoms with van der Waals surface area (Å²) in [6.45, 7) is 4.27. The van der Waals surface area contributed by atoms with Crippen LogP contribution in [0, 0.1) is 0 Å². The average molecular weight is 226 g/mol. The standard InChI is InChI=1S/C10H18N4S/c1-3-5-8-12-9(14-11)7-10(13-8)15-6-4-2/h7H,3-6,11H2,1-2H3,(H,12,13,14). The molecule has 0 aliphatic carbocycles. The molecule has 0 atom stereocenters. The van der Waals surface area contributed by atoms with Crippen LogP contribution in [-0.4, -0.2) is 15.7 Å². The number of rotatable bonds is 6. The molecule has 4 nitrogen and oxygen atoms in total. The van der Waals surface area contributed by atoms with Crippen LogP contribution in [0.25, 0.3) is 0 Å². The number of aromatic nitrogens is 2. The van der Waals surface area contributed by atoms with Gasteiger partial charge in [0.05, 0.1) is 0 Å². The number of nitrogens with one attached hydrogen (secondary N) is 1. The molecular weight excluding hydrogens is 208 g/mol. The monoisotopic (exact) mass is 226 g/mol. The van der Waals surface area contributed by atoms with Crippen LogP contribution in [-0.2, 0) is 6.42 Å². The van der Waals surface area contributed by atoms with E-state index >= 15 is 0 Å². The molecule has 84 valence electrons. The zero-order valence-electron chi connectivity index (χ0n) is 9.29. The largest absolute Gasteiger partial charge is 0.308 e. The molecular formula is C10H18N4S. The molecule has 0 bridgehead atoms. The van der Waals surface area contributed by atoms with Gasteiger partial charge in [0, 0.05) is 12.5 Å². The Hall–Kier alpha value is -0.810. The Labute approximate surface area is 95.0 Å². The summed E-state index contributed by atoms with van der Waals surface area (Å²) in [7, 11) is 0. The molecule has 5 heteroatoms. The molecule has 0 aliphatic heterocycles. The number of hydrogen-bond donors (Lipinski definition) is 2. The Morgan fingerprint density at radius 3 is 2.73 bits per heavy atom. The first-order valence-electron chi connectivity index (χ1n) is 5.27. The van der Waals surface area contributed by atoms with Crippen molar-refractivity contribution in [1.82, 2.24) is 9.97 Å². The zero-order chi connectivity index (χ0) is 11.1. The molecule has 0 saturated carbocycles. The molecule has 0 saturated heterocycles. The highest BCUT2D eigenvalue weighted by Crippen LogP contribution is 2.19. The smallest absolute Gasteiger partial charge is 0.144 e. The van der Waals surface area contributed by atoms with Crippen LogP contribution in [0.15, 0.2) is 11.1 Å². The maximum atomic E-state index is 5.36. The van der Waals surface area contributed by atoms with Gasteiger partial charge in [-0.05, 0) is 18.6 Å². The van der Waals surface area contributed by atoms with E-state index in [2.05, 4.69) is 29.2 Å². The summed E-state index contributed by atoms with van der Waals surface area (Å²) in [5.74, 6) is 8.01. The van der Waals surface area contributed by atoms with E-state index in [-0.39, 0.29) is 0 Å². The fourth-order valence-electron chi connectivity index (χ4n) is 1.16. The second kappa shape index (κ2) is 6.63. The molecule has 3 N–H and O–H groups in total. The molecule has 0 fully saturated rings. The fraction of sp³-hybridized carbons (Fsp3) is 0.600. The lowest BCUT2D eigenvalue weighted by molar-refractivity contribution is 0.810. The molecule has 0 spiro atoms. The summed E-state index contributed by atoms with van der Waals surface area (Å²) in [4.78, 5) is 8.75. The third kappa shape index (κ3) is 4.05. The predicted molar refractivity (Wildman–Crippen MR) is 64.9 cm³/mol. The highest BCUT2D eigenvalue weighted by atomic mass is 32.2. The van der Waals surface area contributed by atoms with Crippen molar-refractivity contribution >= 4 is 17.6 Å². The van der Waals surface area contributed by atoms with Crippen molar-refractivity contribution in [3.05, 3.63) is 11.9 Å². The van der Waals surface area contributed by atoms with Gasteiger partial charge >= 0.3 is 0 Å². The molecule has 0 radical (unpaired) electrons. The summed E-state index contributed by atoms with van der Waals surface area (Å²) < 4.78 is 0. The number of anilines is 1. The van der Waals surface area contributed by atoms with Crippen LogP contribution in [0.3, 0.4) is 0 Å². The zero-order valence-corrected chi connectivity index (χ0v) is 10.1. The minimum Gasteiger partial charge on any atom is -0.308 e. The number of nitrogens with two attached hydrogens (primary N) is 1. The molecule has 0 aromatic carbocycles. The second-order valence-corrected chi connectivity index (χ2v) is 4.37. The van der Waals surface area contributed by atoms with Gasteiger partial charge in [-0.15, -0.1) is 11.8 Å². The van der Waals surface area contributed by atoms with Gasteiger partial charge < -0.3 is 5.43 Å². The van der Waals surface area contributed by atoms with Gasteiger partial charge in [0.1, 0.15) is 16.7 Å².